The van der Waals surface area contributed by atoms with Crippen molar-refractivity contribution in [3.8, 4) is 29.1 Å². The molecule has 0 spiro atoms. The number of fused-ring (bicyclic) bond motifs is 1. The lowest BCUT2D eigenvalue weighted by Gasteiger charge is -2.18. The van der Waals surface area contributed by atoms with Gasteiger partial charge in [-0.3, -0.25) is 4.79 Å². The number of benzene rings is 3. The molecule has 9 heteroatoms. The molecule has 35 heavy (non-hydrogen) atoms. The van der Waals surface area contributed by atoms with E-state index in [0.717, 1.165) is 12.1 Å². The maximum absolute atomic E-state index is 13.1. The number of nitrogens with zero attached hydrogens (tertiary/aromatic N) is 1. The molecule has 8 nitrogen and oxygen atoms in total. The molecule has 176 valence electrons. The van der Waals surface area contributed by atoms with Gasteiger partial charge in [0.1, 0.15) is 30.7 Å². The van der Waals surface area contributed by atoms with E-state index in [1.165, 1.54) is 37.5 Å². The Kier molecular flexibility index (Phi) is 6.93. The van der Waals surface area contributed by atoms with E-state index in [9.17, 15) is 19.2 Å². The first-order valence-corrected chi connectivity index (χ1v) is 10.5. The summed E-state index contributed by atoms with van der Waals surface area (Å²) in [4.78, 5) is 25.0. The predicted molar refractivity (Wildman–Crippen MR) is 124 cm³/mol. The molecule has 1 N–H and O–H groups in total. The first kappa shape index (κ1) is 23.3. The number of hydrogen-bond donors (Lipinski definition) is 1. The highest BCUT2D eigenvalue weighted by atomic mass is 19.1. The molecule has 1 heterocycles. The van der Waals surface area contributed by atoms with Crippen LogP contribution in [0.15, 0.2) is 66.2 Å². The molecule has 0 bridgehead atoms. The van der Waals surface area contributed by atoms with Crippen LogP contribution in [0.1, 0.15) is 15.9 Å². The van der Waals surface area contributed by atoms with Crippen molar-refractivity contribution >= 4 is 23.6 Å². The van der Waals surface area contributed by atoms with Crippen LogP contribution in [0.25, 0.3) is 6.08 Å². The number of amides is 1. The molecule has 0 unspecified atom stereocenters. The van der Waals surface area contributed by atoms with E-state index in [0.29, 0.717) is 36.0 Å². The maximum Gasteiger partial charge on any atom is 0.343 e. The van der Waals surface area contributed by atoms with Crippen molar-refractivity contribution in [1.82, 2.24) is 0 Å². The second-order valence-electron chi connectivity index (χ2n) is 7.29. The van der Waals surface area contributed by atoms with Crippen LogP contribution in [0.4, 0.5) is 10.1 Å². The zero-order valence-electron chi connectivity index (χ0n) is 18.5. The third-order valence-corrected chi connectivity index (χ3v) is 4.95. The number of carbonyl (C=O) groups is 2. The van der Waals surface area contributed by atoms with E-state index in [1.54, 1.807) is 24.3 Å². The van der Waals surface area contributed by atoms with E-state index < -0.39 is 17.7 Å². The molecule has 0 aromatic heterocycles. The first-order valence-electron chi connectivity index (χ1n) is 10.5. The average molecular weight is 474 g/mol. The molecule has 0 saturated carbocycles. The fourth-order valence-corrected chi connectivity index (χ4v) is 3.24. The summed E-state index contributed by atoms with van der Waals surface area (Å²) in [6, 6.07) is 16.3. The third-order valence-electron chi connectivity index (χ3n) is 4.95. The van der Waals surface area contributed by atoms with Crippen LogP contribution in [-0.2, 0) is 4.79 Å². The lowest BCUT2D eigenvalue weighted by atomic mass is 10.1. The molecule has 0 aliphatic carbocycles. The smallest absolute Gasteiger partial charge is 0.343 e. The number of halogens is 1. The molecule has 1 amide bonds. The molecule has 0 fully saturated rings. The Bertz CT molecular complexity index is 1340. The van der Waals surface area contributed by atoms with Crippen molar-refractivity contribution in [3.63, 3.8) is 0 Å². The number of nitrogens with one attached hydrogen (secondary N) is 1. The molecule has 1 aliphatic rings. The zero-order valence-corrected chi connectivity index (χ0v) is 18.5. The van der Waals surface area contributed by atoms with Gasteiger partial charge in [0.15, 0.2) is 23.0 Å². The van der Waals surface area contributed by atoms with Crippen molar-refractivity contribution in [2.24, 2.45) is 0 Å². The average Bonchev–Trinajstić information content (AvgIpc) is 2.88. The van der Waals surface area contributed by atoms with Crippen LogP contribution in [0.2, 0.25) is 0 Å². The molecular formula is C26H19FN2O6. The minimum Gasteiger partial charge on any atom is -0.493 e. The Balaban J connectivity index is 1.50. The SMILES string of the molecule is COc1cc(/C=C(\C#N)C(=O)Nc2ccc3c(c2)OCCO3)ccc1OC(=O)c1ccc(F)cc1. The molecule has 4 rings (SSSR count). The van der Waals surface area contributed by atoms with Gasteiger partial charge in [-0.2, -0.15) is 5.26 Å². The van der Waals surface area contributed by atoms with Crippen LogP contribution in [0, 0.1) is 17.1 Å². The molecule has 3 aromatic carbocycles. The summed E-state index contributed by atoms with van der Waals surface area (Å²) in [5.74, 6) is -0.360. The van der Waals surface area contributed by atoms with Gasteiger partial charge in [-0.25, -0.2) is 9.18 Å². The fraction of sp³-hybridized carbons (Fsp3) is 0.115. The number of anilines is 1. The van der Waals surface area contributed by atoms with Gasteiger partial charge in [-0.15, -0.1) is 0 Å². The summed E-state index contributed by atoms with van der Waals surface area (Å²) >= 11 is 0. The molecular weight excluding hydrogens is 455 g/mol. The highest BCUT2D eigenvalue weighted by molar-refractivity contribution is 6.09. The summed E-state index contributed by atoms with van der Waals surface area (Å²) in [6.07, 6.45) is 1.38. The number of esters is 1. The summed E-state index contributed by atoms with van der Waals surface area (Å²) < 4.78 is 34.7. The van der Waals surface area contributed by atoms with Gasteiger partial charge in [0.25, 0.3) is 5.91 Å². The normalized spacial score (nSPS) is 12.3. The molecule has 0 atom stereocenters. The van der Waals surface area contributed by atoms with Crippen molar-refractivity contribution in [2.75, 3.05) is 25.6 Å². The Hall–Kier alpha value is -4.84. The van der Waals surface area contributed by atoms with Crippen molar-refractivity contribution in [1.29, 1.82) is 5.26 Å². The Morgan fingerprint density at radius 2 is 1.74 bits per heavy atom. The summed E-state index contributed by atoms with van der Waals surface area (Å²) in [5.41, 5.74) is 0.927. The Morgan fingerprint density at radius 1 is 1.00 bits per heavy atom. The largest absolute Gasteiger partial charge is 0.493 e. The monoisotopic (exact) mass is 474 g/mol. The highest BCUT2D eigenvalue weighted by Crippen LogP contribution is 2.33. The zero-order chi connectivity index (χ0) is 24.8. The summed E-state index contributed by atoms with van der Waals surface area (Å²) in [6.45, 7) is 0.860. The number of hydrogen-bond acceptors (Lipinski definition) is 7. The van der Waals surface area contributed by atoms with E-state index in [4.69, 9.17) is 18.9 Å². The number of rotatable bonds is 6. The van der Waals surface area contributed by atoms with Crippen LogP contribution >= 0.6 is 0 Å². The van der Waals surface area contributed by atoms with Gasteiger partial charge in [0.05, 0.1) is 12.7 Å². The quantitative estimate of drug-likeness (QED) is 0.245. The van der Waals surface area contributed by atoms with Gasteiger partial charge in [0, 0.05) is 11.8 Å². The molecule has 3 aromatic rings. The second-order valence-corrected chi connectivity index (χ2v) is 7.29. The maximum atomic E-state index is 13.1. The molecule has 0 saturated heterocycles. The van der Waals surface area contributed by atoms with E-state index >= 15 is 0 Å². The highest BCUT2D eigenvalue weighted by Gasteiger charge is 2.16. The van der Waals surface area contributed by atoms with Crippen LogP contribution in [0.3, 0.4) is 0 Å². The van der Waals surface area contributed by atoms with Gasteiger partial charge in [0.2, 0.25) is 0 Å². The number of nitriles is 1. The van der Waals surface area contributed by atoms with Gasteiger partial charge in [-0.1, -0.05) is 6.07 Å². The van der Waals surface area contributed by atoms with Crippen LogP contribution in [-0.4, -0.2) is 32.2 Å². The topological polar surface area (TPSA) is 107 Å². The summed E-state index contributed by atoms with van der Waals surface area (Å²) in [7, 11) is 1.39. The molecule has 1 aliphatic heterocycles. The summed E-state index contributed by atoms with van der Waals surface area (Å²) in [5, 5.41) is 12.2. The number of ether oxygens (including phenoxy) is 4. The van der Waals surface area contributed by atoms with E-state index in [1.807, 2.05) is 6.07 Å². The van der Waals surface area contributed by atoms with E-state index in [-0.39, 0.29) is 22.6 Å². The minimum absolute atomic E-state index is 0.123. The number of methoxy groups -OCH3 is 1. The van der Waals surface area contributed by atoms with Crippen molar-refractivity contribution in [3.05, 3.63) is 83.2 Å². The lowest BCUT2D eigenvalue weighted by molar-refractivity contribution is -0.112. The van der Waals surface area contributed by atoms with Gasteiger partial charge >= 0.3 is 5.97 Å². The minimum atomic E-state index is -0.692. The number of carbonyl (C=O) groups excluding carboxylic acids is 2. The van der Waals surface area contributed by atoms with Gasteiger partial charge in [-0.05, 0) is 60.2 Å². The Morgan fingerprint density at radius 3 is 2.46 bits per heavy atom. The Labute approximate surface area is 200 Å². The fourth-order valence-electron chi connectivity index (χ4n) is 3.24. The van der Waals surface area contributed by atoms with Crippen LogP contribution < -0.4 is 24.3 Å². The van der Waals surface area contributed by atoms with E-state index in [2.05, 4.69) is 5.32 Å². The van der Waals surface area contributed by atoms with Gasteiger partial charge < -0.3 is 24.3 Å². The van der Waals surface area contributed by atoms with Crippen molar-refractivity contribution in [2.45, 2.75) is 0 Å². The standard InChI is InChI=1S/C26H19FN2O6/c1-32-23-13-16(2-8-22(23)35-26(31)17-3-5-19(27)6-4-17)12-18(15-28)25(30)29-20-7-9-21-24(14-20)34-11-10-33-21/h2-9,12-14H,10-11H2,1H3,(H,29,30)/b18-12+. The third kappa shape index (κ3) is 5.57. The second kappa shape index (κ2) is 10.4. The lowest BCUT2D eigenvalue weighted by Crippen LogP contribution is -2.17. The van der Waals surface area contributed by atoms with Crippen molar-refractivity contribution < 1.29 is 32.9 Å². The predicted octanol–water partition coefficient (Wildman–Crippen LogP) is 4.37. The van der Waals surface area contributed by atoms with Crippen LogP contribution in [0.5, 0.6) is 23.0 Å². The molecule has 0 radical (unpaired) electrons. The first-order chi connectivity index (χ1) is 17.0.